The van der Waals surface area contributed by atoms with E-state index in [1.54, 1.807) is 13.0 Å². The Labute approximate surface area is 155 Å². The van der Waals surface area contributed by atoms with E-state index in [1.165, 1.54) is 0 Å². The molecule has 7 heteroatoms. The number of benzene rings is 2. The second-order valence-corrected chi connectivity index (χ2v) is 6.05. The number of aromatic hydroxyl groups is 1. The molecule has 7 nitrogen and oxygen atoms in total. The summed E-state index contributed by atoms with van der Waals surface area (Å²) >= 11 is 0. The summed E-state index contributed by atoms with van der Waals surface area (Å²) in [5.74, 6) is -0.418. The number of azo groups is 1. The molecule has 27 heavy (non-hydrogen) atoms. The topological polar surface area (TPSA) is 111 Å². The Balaban J connectivity index is 2.08. The quantitative estimate of drug-likeness (QED) is 0.674. The van der Waals surface area contributed by atoms with Crippen molar-refractivity contribution in [2.24, 2.45) is 10.2 Å². The highest BCUT2D eigenvalue weighted by Gasteiger charge is 2.18. The van der Waals surface area contributed by atoms with Crippen molar-refractivity contribution in [3.05, 3.63) is 63.9 Å². The van der Waals surface area contributed by atoms with E-state index in [9.17, 15) is 15.2 Å². The molecule has 0 aliphatic rings. The van der Waals surface area contributed by atoms with Gasteiger partial charge in [0.05, 0.1) is 5.69 Å². The first-order chi connectivity index (χ1) is 13.1. The summed E-state index contributed by atoms with van der Waals surface area (Å²) in [5.41, 5.74) is 0.253. The molecule has 0 atom stereocenters. The number of pyridine rings is 1. The zero-order valence-electron chi connectivity index (χ0n) is 14.8. The Morgan fingerprint density at radius 2 is 1.89 bits per heavy atom. The fraction of sp³-hybridized carbons (Fsp3) is 0.200. The molecular weight excluding hydrogens is 344 g/mol. The van der Waals surface area contributed by atoms with Crippen LogP contribution in [0.1, 0.15) is 17.5 Å². The van der Waals surface area contributed by atoms with Gasteiger partial charge >= 0.3 is 0 Å². The molecule has 0 aliphatic heterocycles. The van der Waals surface area contributed by atoms with E-state index in [-0.39, 0.29) is 36.4 Å². The van der Waals surface area contributed by atoms with Gasteiger partial charge in [0, 0.05) is 18.7 Å². The van der Waals surface area contributed by atoms with Crippen LogP contribution in [0.4, 0.5) is 11.4 Å². The lowest BCUT2D eigenvalue weighted by Crippen LogP contribution is -2.22. The van der Waals surface area contributed by atoms with Gasteiger partial charge in [0.15, 0.2) is 5.69 Å². The van der Waals surface area contributed by atoms with Crippen LogP contribution in [0, 0.1) is 18.3 Å². The molecule has 3 rings (SSSR count). The maximum Gasteiger partial charge on any atom is 0.281 e. The number of nitriles is 1. The Kier molecular flexibility index (Phi) is 5.29. The van der Waals surface area contributed by atoms with Crippen LogP contribution in [0.25, 0.3) is 10.8 Å². The van der Waals surface area contributed by atoms with E-state index < -0.39 is 11.4 Å². The molecule has 0 radical (unpaired) electrons. The van der Waals surface area contributed by atoms with E-state index >= 15 is 0 Å². The number of fused-ring (bicyclic) bond motifs is 1. The minimum absolute atomic E-state index is 0.00421. The highest BCUT2D eigenvalue weighted by molar-refractivity contribution is 5.85. The van der Waals surface area contributed by atoms with Gasteiger partial charge in [-0.1, -0.05) is 30.3 Å². The summed E-state index contributed by atoms with van der Waals surface area (Å²) in [7, 11) is 0. The summed E-state index contributed by atoms with van der Waals surface area (Å²) in [4.78, 5) is 12.7. The van der Waals surface area contributed by atoms with Crippen molar-refractivity contribution in [3.63, 3.8) is 0 Å². The van der Waals surface area contributed by atoms with Gasteiger partial charge in [0.1, 0.15) is 11.6 Å². The van der Waals surface area contributed by atoms with Gasteiger partial charge < -0.3 is 10.2 Å². The lowest BCUT2D eigenvalue weighted by atomic mass is 10.1. The van der Waals surface area contributed by atoms with Crippen molar-refractivity contribution in [2.75, 3.05) is 6.61 Å². The van der Waals surface area contributed by atoms with E-state index in [4.69, 9.17) is 5.11 Å². The Bertz CT molecular complexity index is 1130. The molecule has 0 saturated carbocycles. The van der Waals surface area contributed by atoms with E-state index in [1.807, 2.05) is 42.5 Å². The van der Waals surface area contributed by atoms with Crippen LogP contribution in [-0.4, -0.2) is 21.4 Å². The molecule has 0 saturated heterocycles. The van der Waals surface area contributed by atoms with Crippen molar-refractivity contribution in [3.8, 4) is 11.9 Å². The second kappa shape index (κ2) is 7.81. The first kappa shape index (κ1) is 18.3. The summed E-state index contributed by atoms with van der Waals surface area (Å²) in [6, 6.07) is 15.3. The number of aliphatic hydroxyl groups is 1. The first-order valence-corrected chi connectivity index (χ1v) is 8.44. The third-order valence-electron chi connectivity index (χ3n) is 4.31. The zero-order chi connectivity index (χ0) is 19.4. The average Bonchev–Trinajstić information content (AvgIpc) is 2.68. The van der Waals surface area contributed by atoms with Gasteiger partial charge in [-0.15, -0.1) is 5.11 Å². The molecule has 1 heterocycles. The van der Waals surface area contributed by atoms with Crippen LogP contribution in [-0.2, 0) is 6.54 Å². The smallest absolute Gasteiger partial charge is 0.281 e. The predicted octanol–water partition coefficient (Wildman–Crippen LogP) is 3.69. The standard InChI is InChI=1S/C20H18N4O3/c1-13-17(12-21)19(26)24(9-4-10-25)20(27)18(13)23-22-16-8-7-14-5-2-3-6-15(14)11-16/h2-3,5-8,11,25-26H,4,9-10H2,1H3. The molecule has 0 amide bonds. The normalized spacial score (nSPS) is 11.1. The minimum Gasteiger partial charge on any atom is -0.493 e. The van der Waals surface area contributed by atoms with Crippen molar-refractivity contribution < 1.29 is 10.2 Å². The molecule has 0 fully saturated rings. The van der Waals surface area contributed by atoms with Crippen LogP contribution in [0.2, 0.25) is 0 Å². The monoisotopic (exact) mass is 362 g/mol. The number of rotatable bonds is 5. The van der Waals surface area contributed by atoms with Crippen molar-refractivity contribution in [1.82, 2.24) is 4.57 Å². The predicted molar refractivity (Wildman–Crippen MR) is 102 cm³/mol. The first-order valence-electron chi connectivity index (χ1n) is 8.44. The molecule has 0 aliphatic carbocycles. The highest BCUT2D eigenvalue weighted by Crippen LogP contribution is 2.28. The molecule has 0 bridgehead atoms. The number of aromatic nitrogens is 1. The van der Waals surface area contributed by atoms with Gasteiger partial charge in [-0.25, -0.2) is 0 Å². The summed E-state index contributed by atoms with van der Waals surface area (Å²) < 4.78 is 1.04. The lowest BCUT2D eigenvalue weighted by Gasteiger charge is -2.12. The van der Waals surface area contributed by atoms with Gasteiger partial charge in [-0.2, -0.15) is 10.4 Å². The van der Waals surface area contributed by atoms with Crippen LogP contribution in [0.5, 0.6) is 5.88 Å². The van der Waals surface area contributed by atoms with Gasteiger partial charge in [0.25, 0.3) is 5.56 Å². The molecule has 2 N–H and O–H groups in total. The van der Waals surface area contributed by atoms with Crippen LogP contribution >= 0.6 is 0 Å². The van der Waals surface area contributed by atoms with Gasteiger partial charge in [0.2, 0.25) is 5.88 Å². The van der Waals surface area contributed by atoms with Gasteiger partial charge in [-0.3, -0.25) is 9.36 Å². The van der Waals surface area contributed by atoms with E-state index in [0.717, 1.165) is 15.3 Å². The third-order valence-corrected chi connectivity index (χ3v) is 4.31. The molecule has 0 spiro atoms. The highest BCUT2D eigenvalue weighted by atomic mass is 16.3. The molecule has 2 aromatic carbocycles. The number of hydrogen-bond acceptors (Lipinski definition) is 6. The summed E-state index contributed by atoms with van der Waals surface area (Å²) in [6.07, 6.45) is 0.267. The Hall–Kier alpha value is -3.50. The molecule has 1 aromatic heterocycles. The Morgan fingerprint density at radius 1 is 1.15 bits per heavy atom. The van der Waals surface area contributed by atoms with Crippen molar-refractivity contribution in [2.45, 2.75) is 19.9 Å². The van der Waals surface area contributed by atoms with E-state index in [2.05, 4.69) is 10.2 Å². The maximum atomic E-state index is 12.7. The van der Waals surface area contributed by atoms with Gasteiger partial charge in [-0.05, 0) is 36.2 Å². The molecular formula is C20H18N4O3. The van der Waals surface area contributed by atoms with Crippen molar-refractivity contribution in [1.29, 1.82) is 5.26 Å². The molecule has 0 unspecified atom stereocenters. The van der Waals surface area contributed by atoms with Crippen LogP contribution in [0.15, 0.2) is 57.5 Å². The van der Waals surface area contributed by atoms with Crippen molar-refractivity contribution >= 4 is 22.1 Å². The lowest BCUT2D eigenvalue weighted by molar-refractivity contribution is 0.274. The fourth-order valence-electron chi connectivity index (χ4n) is 2.84. The minimum atomic E-state index is -0.554. The third kappa shape index (κ3) is 3.57. The van der Waals surface area contributed by atoms with E-state index in [0.29, 0.717) is 5.69 Å². The number of aliphatic hydroxyl groups excluding tert-OH is 1. The fourth-order valence-corrected chi connectivity index (χ4v) is 2.84. The van der Waals surface area contributed by atoms with Crippen LogP contribution in [0.3, 0.4) is 0 Å². The second-order valence-electron chi connectivity index (χ2n) is 6.05. The number of nitrogens with zero attached hydrogens (tertiary/aromatic N) is 4. The largest absolute Gasteiger partial charge is 0.493 e. The molecule has 136 valence electrons. The SMILES string of the molecule is Cc1c(C#N)c(O)n(CCCO)c(=O)c1N=Nc1ccc2ccccc2c1. The zero-order valence-corrected chi connectivity index (χ0v) is 14.8. The summed E-state index contributed by atoms with van der Waals surface area (Å²) in [6.45, 7) is 1.48. The summed E-state index contributed by atoms with van der Waals surface area (Å²) in [5, 5.41) is 38.8. The average molecular weight is 362 g/mol. The van der Waals surface area contributed by atoms with Crippen LogP contribution < -0.4 is 5.56 Å². The maximum absolute atomic E-state index is 12.7. The molecule has 3 aromatic rings. The Morgan fingerprint density at radius 3 is 2.59 bits per heavy atom. The number of hydrogen-bond donors (Lipinski definition) is 2.